The van der Waals surface area contributed by atoms with E-state index in [0.717, 1.165) is 24.2 Å². The molecule has 0 fully saturated rings. The first kappa shape index (κ1) is 10.6. The van der Waals surface area contributed by atoms with E-state index >= 15 is 0 Å². The summed E-state index contributed by atoms with van der Waals surface area (Å²) in [5, 5.41) is 1.23. The summed E-state index contributed by atoms with van der Waals surface area (Å²) in [5.41, 5.74) is 0.303. The Hall–Kier alpha value is -0.500. The van der Waals surface area contributed by atoms with Crippen LogP contribution in [-0.2, 0) is 11.8 Å². The standard InChI is InChI=1S/C12H11OPS2/c15-14(16)12-8-4-2-6-10(12)9-5-1-3-7-11(9)13-14/h1-3,5-7H,4,8H2,(H,15,16). The molecular weight excluding hydrogens is 255 g/mol. The van der Waals surface area contributed by atoms with Crippen LogP contribution in [-0.4, -0.2) is 0 Å². The van der Waals surface area contributed by atoms with Crippen LogP contribution in [0.5, 0.6) is 5.75 Å². The van der Waals surface area contributed by atoms with Gasteiger partial charge in [0.25, 0.3) is 0 Å². The molecule has 0 aromatic heterocycles. The Kier molecular flexibility index (Phi) is 2.50. The molecule has 1 unspecified atom stereocenters. The first-order valence-corrected chi connectivity index (χ1v) is 9.08. The molecule has 0 N–H and O–H groups in total. The Balaban J connectivity index is 2.30. The second-order valence-electron chi connectivity index (χ2n) is 3.91. The molecule has 0 radical (unpaired) electrons. The zero-order valence-electron chi connectivity index (χ0n) is 8.59. The molecule has 82 valence electrons. The first-order chi connectivity index (χ1) is 7.68. The summed E-state index contributed by atoms with van der Waals surface area (Å²) >= 11 is 10.1. The fourth-order valence-electron chi connectivity index (χ4n) is 2.15. The number of thiol groups is 1. The molecular formula is C12H11OPS2. The largest absolute Gasteiger partial charge is 0.453 e. The van der Waals surface area contributed by atoms with E-state index in [1.807, 2.05) is 18.2 Å². The van der Waals surface area contributed by atoms with E-state index in [-0.39, 0.29) is 0 Å². The molecule has 0 spiro atoms. The van der Waals surface area contributed by atoms with E-state index in [9.17, 15) is 0 Å². The van der Waals surface area contributed by atoms with Crippen molar-refractivity contribution in [1.82, 2.24) is 0 Å². The molecule has 0 saturated heterocycles. The summed E-state index contributed by atoms with van der Waals surface area (Å²) < 4.78 is 5.89. The minimum atomic E-state index is -2.09. The van der Waals surface area contributed by atoms with E-state index in [2.05, 4.69) is 30.5 Å². The van der Waals surface area contributed by atoms with Gasteiger partial charge < -0.3 is 4.52 Å². The summed E-state index contributed by atoms with van der Waals surface area (Å²) in [7, 11) is 0. The Morgan fingerprint density at radius 1 is 1.31 bits per heavy atom. The molecule has 1 aliphatic heterocycles. The molecule has 1 atom stereocenters. The third kappa shape index (κ3) is 1.58. The van der Waals surface area contributed by atoms with Crippen LogP contribution in [0.2, 0.25) is 0 Å². The summed E-state index contributed by atoms with van der Waals surface area (Å²) in [4.78, 5) is 0. The topological polar surface area (TPSA) is 9.23 Å². The molecule has 16 heavy (non-hydrogen) atoms. The Morgan fingerprint density at radius 2 is 2.12 bits per heavy atom. The molecule has 4 heteroatoms. The van der Waals surface area contributed by atoms with Gasteiger partial charge in [-0.15, -0.1) is 0 Å². The maximum absolute atomic E-state index is 5.89. The smallest absolute Gasteiger partial charge is 0.190 e. The Bertz CT molecular complexity index is 560. The maximum atomic E-state index is 5.89. The van der Waals surface area contributed by atoms with Gasteiger partial charge in [-0.1, -0.05) is 42.6 Å². The molecule has 0 amide bonds. The van der Waals surface area contributed by atoms with Gasteiger partial charge in [0.1, 0.15) is 5.75 Å². The average Bonchev–Trinajstić information content (AvgIpc) is 2.29. The molecule has 2 aliphatic rings. The zero-order chi connectivity index (χ0) is 11.2. The second-order valence-corrected chi connectivity index (χ2v) is 9.72. The van der Waals surface area contributed by atoms with Crippen LogP contribution in [0.4, 0.5) is 0 Å². The van der Waals surface area contributed by atoms with Gasteiger partial charge in [0, 0.05) is 10.9 Å². The lowest BCUT2D eigenvalue weighted by Gasteiger charge is -2.31. The molecule has 0 saturated carbocycles. The quantitative estimate of drug-likeness (QED) is 0.551. The fourth-order valence-corrected chi connectivity index (χ4v) is 5.29. The van der Waals surface area contributed by atoms with E-state index in [1.165, 1.54) is 10.9 Å². The van der Waals surface area contributed by atoms with Crippen molar-refractivity contribution in [3.63, 3.8) is 0 Å². The predicted octanol–water partition coefficient (Wildman–Crippen LogP) is 4.38. The first-order valence-electron chi connectivity index (χ1n) is 5.20. The Morgan fingerprint density at radius 3 is 3.00 bits per heavy atom. The number of para-hydroxylation sites is 1. The predicted molar refractivity (Wildman–Crippen MR) is 75.6 cm³/mol. The average molecular weight is 266 g/mol. The third-order valence-electron chi connectivity index (χ3n) is 2.88. The van der Waals surface area contributed by atoms with Gasteiger partial charge >= 0.3 is 0 Å². The van der Waals surface area contributed by atoms with Crippen LogP contribution in [0.3, 0.4) is 0 Å². The van der Waals surface area contributed by atoms with Gasteiger partial charge in [-0.3, -0.25) is 0 Å². The van der Waals surface area contributed by atoms with Crippen molar-refractivity contribution in [3.8, 4) is 5.75 Å². The van der Waals surface area contributed by atoms with Crippen molar-refractivity contribution in [3.05, 3.63) is 47.3 Å². The molecule has 1 aromatic carbocycles. The van der Waals surface area contributed by atoms with Gasteiger partial charge in [0.05, 0.1) is 0 Å². The zero-order valence-corrected chi connectivity index (χ0v) is 11.2. The van der Waals surface area contributed by atoms with Gasteiger partial charge in [0.15, 0.2) is 5.47 Å². The minimum absolute atomic E-state index is 0.881. The highest BCUT2D eigenvalue weighted by Crippen LogP contribution is 2.66. The Labute approximate surface area is 105 Å². The van der Waals surface area contributed by atoms with Gasteiger partial charge in [-0.05, 0) is 36.3 Å². The number of hydrogen-bond acceptors (Lipinski definition) is 2. The lowest BCUT2D eigenvalue weighted by Crippen LogP contribution is -2.05. The van der Waals surface area contributed by atoms with Crippen molar-refractivity contribution >= 4 is 35.1 Å². The minimum Gasteiger partial charge on any atom is -0.453 e. The second kappa shape index (κ2) is 3.76. The number of hydrogen-bond donors (Lipinski definition) is 1. The van der Waals surface area contributed by atoms with E-state index in [4.69, 9.17) is 16.3 Å². The summed E-state index contributed by atoms with van der Waals surface area (Å²) in [6.45, 7) is 0. The molecule has 1 nitrogen and oxygen atoms in total. The SMILES string of the molecule is S=P1(S)Oc2ccccc2C2=C1CCC=C2. The van der Waals surface area contributed by atoms with E-state index < -0.39 is 5.47 Å². The third-order valence-corrected chi connectivity index (χ3v) is 6.33. The van der Waals surface area contributed by atoms with Crippen molar-refractivity contribution < 1.29 is 4.52 Å². The number of allylic oxidation sites excluding steroid dienone is 4. The molecule has 3 rings (SSSR count). The van der Waals surface area contributed by atoms with Crippen LogP contribution >= 0.6 is 17.7 Å². The molecule has 1 aliphatic carbocycles. The summed E-state index contributed by atoms with van der Waals surface area (Å²) in [6, 6.07) is 8.06. The van der Waals surface area contributed by atoms with Gasteiger partial charge in [0.2, 0.25) is 0 Å². The highest BCUT2D eigenvalue weighted by atomic mass is 32.9. The van der Waals surface area contributed by atoms with Crippen LogP contribution in [0.15, 0.2) is 41.7 Å². The van der Waals surface area contributed by atoms with Crippen LogP contribution in [0.1, 0.15) is 18.4 Å². The number of fused-ring (bicyclic) bond motifs is 2. The maximum Gasteiger partial charge on any atom is 0.190 e. The van der Waals surface area contributed by atoms with Gasteiger partial charge in [-0.2, -0.15) is 0 Å². The van der Waals surface area contributed by atoms with E-state index in [0.29, 0.717) is 0 Å². The summed E-state index contributed by atoms with van der Waals surface area (Å²) in [6.07, 6.45) is 6.39. The van der Waals surface area contributed by atoms with E-state index in [1.54, 1.807) is 0 Å². The highest BCUT2D eigenvalue weighted by molar-refractivity contribution is 8.63. The molecule has 1 heterocycles. The van der Waals surface area contributed by atoms with Crippen LogP contribution in [0, 0.1) is 0 Å². The number of benzene rings is 1. The fraction of sp³-hybridized carbons (Fsp3) is 0.167. The van der Waals surface area contributed by atoms with Crippen LogP contribution in [0.25, 0.3) is 5.57 Å². The summed E-state index contributed by atoms with van der Waals surface area (Å²) in [5.74, 6) is 0.881. The molecule has 1 aromatic rings. The normalized spacial score (nSPS) is 27.1. The van der Waals surface area contributed by atoms with Gasteiger partial charge in [-0.25, -0.2) is 0 Å². The monoisotopic (exact) mass is 266 g/mol. The van der Waals surface area contributed by atoms with Crippen molar-refractivity contribution in [1.29, 1.82) is 0 Å². The lowest BCUT2D eigenvalue weighted by atomic mass is 9.98. The lowest BCUT2D eigenvalue weighted by molar-refractivity contribution is 0.621. The number of rotatable bonds is 0. The highest BCUT2D eigenvalue weighted by Gasteiger charge is 2.31. The molecule has 0 bridgehead atoms. The van der Waals surface area contributed by atoms with Crippen LogP contribution < -0.4 is 4.52 Å². The van der Waals surface area contributed by atoms with Crippen molar-refractivity contribution in [2.24, 2.45) is 0 Å². The van der Waals surface area contributed by atoms with Crippen molar-refractivity contribution in [2.45, 2.75) is 12.8 Å². The van der Waals surface area contributed by atoms with Crippen molar-refractivity contribution in [2.75, 3.05) is 0 Å².